The first kappa shape index (κ1) is 16.6. The molecule has 1 saturated carbocycles. The first-order chi connectivity index (χ1) is 11.0. The van der Waals surface area contributed by atoms with Crippen molar-refractivity contribution in [3.05, 3.63) is 16.3 Å². The molecule has 0 aromatic carbocycles. The molecule has 1 aliphatic heterocycles. The fourth-order valence-corrected chi connectivity index (χ4v) is 5.04. The molecule has 2 fully saturated rings. The zero-order chi connectivity index (χ0) is 16.6. The highest BCUT2D eigenvalue weighted by molar-refractivity contribution is 8.00. The molecule has 0 radical (unpaired) electrons. The molecule has 1 aliphatic carbocycles. The average molecular weight is 354 g/mol. The van der Waals surface area contributed by atoms with Gasteiger partial charge in [0, 0.05) is 37.1 Å². The van der Waals surface area contributed by atoms with Gasteiger partial charge in [-0.3, -0.25) is 9.59 Å². The van der Waals surface area contributed by atoms with Crippen molar-refractivity contribution in [2.75, 3.05) is 25.9 Å². The van der Waals surface area contributed by atoms with Crippen LogP contribution in [0.2, 0.25) is 0 Å². The van der Waals surface area contributed by atoms with E-state index in [9.17, 15) is 14.7 Å². The molecule has 2 heterocycles. The van der Waals surface area contributed by atoms with Crippen LogP contribution in [-0.2, 0) is 4.79 Å². The van der Waals surface area contributed by atoms with Gasteiger partial charge < -0.3 is 14.9 Å². The molecule has 3 rings (SSSR count). The van der Waals surface area contributed by atoms with Gasteiger partial charge in [-0.05, 0) is 32.4 Å². The quantitative estimate of drug-likeness (QED) is 0.905. The molecule has 1 aromatic rings. The number of nitrogens with zero attached hydrogens (tertiary/aromatic N) is 2. The number of carbonyl (C=O) groups is 2. The van der Waals surface area contributed by atoms with Crippen LogP contribution in [-0.4, -0.2) is 63.4 Å². The lowest BCUT2D eigenvalue weighted by Crippen LogP contribution is -2.60. The van der Waals surface area contributed by atoms with Crippen molar-refractivity contribution in [1.82, 2.24) is 9.80 Å². The molecular weight excluding hydrogens is 332 g/mol. The van der Waals surface area contributed by atoms with Gasteiger partial charge in [-0.2, -0.15) is 0 Å². The molecule has 7 heteroatoms. The van der Waals surface area contributed by atoms with E-state index < -0.39 is 0 Å². The molecule has 0 spiro atoms. The summed E-state index contributed by atoms with van der Waals surface area (Å²) in [5.41, 5.74) is 0. The number of thiophene rings is 1. The van der Waals surface area contributed by atoms with Gasteiger partial charge in [0.15, 0.2) is 0 Å². The van der Waals surface area contributed by atoms with E-state index in [2.05, 4.69) is 0 Å². The van der Waals surface area contributed by atoms with Crippen LogP contribution in [0.15, 0.2) is 11.4 Å². The van der Waals surface area contributed by atoms with E-state index in [0.29, 0.717) is 24.5 Å². The maximum Gasteiger partial charge on any atom is 0.264 e. The van der Waals surface area contributed by atoms with Crippen molar-refractivity contribution < 1.29 is 14.7 Å². The van der Waals surface area contributed by atoms with Gasteiger partial charge >= 0.3 is 0 Å². The van der Waals surface area contributed by atoms with Crippen molar-refractivity contribution in [3.63, 3.8) is 0 Å². The van der Waals surface area contributed by atoms with Crippen molar-refractivity contribution >= 4 is 34.9 Å². The third kappa shape index (κ3) is 2.96. The lowest BCUT2D eigenvalue weighted by molar-refractivity contribution is -0.138. The summed E-state index contributed by atoms with van der Waals surface area (Å²) in [5, 5.41) is 11.0. The molecule has 1 unspecified atom stereocenters. The van der Waals surface area contributed by atoms with Crippen LogP contribution in [0.5, 0.6) is 5.75 Å². The summed E-state index contributed by atoms with van der Waals surface area (Å²) >= 11 is 2.93. The molecule has 1 atom stereocenters. The van der Waals surface area contributed by atoms with E-state index in [1.54, 1.807) is 17.1 Å². The summed E-state index contributed by atoms with van der Waals surface area (Å²) in [6, 6.07) is 1.50. The lowest BCUT2D eigenvalue weighted by Gasteiger charge is -2.46. The molecule has 23 heavy (non-hydrogen) atoms. The first-order valence-electron chi connectivity index (χ1n) is 7.90. The predicted octanol–water partition coefficient (Wildman–Crippen LogP) is 2.41. The van der Waals surface area contributed by atoms with Crippen molar-refractivity contribution in [3.8, 4) is 5.75 Å². The monoisotopic (exact) mass is 354 g/mol. The van der Waals surface area contributed by atoms with E-state index in [1.807, 2.05) is 23.0 Å². The van der Waals surface area contributed by atoms with Gasteiger partial charge in [0.05, 0.1) is 9.62 Å². The van der Waals surface area contributed by atoms with Gasteiger partial charge in [-0.1, -0.05) is 0 Å². The number of hydrogen-bond acceptors (Lipinski definition) is 5. The molecule has 1 aromatic heterocycles. The molecule has 2 amide bonds. The second-order valence-corrected chi connectivity index (χ2v) is 8.42. The molecule has 2 aliphatic rings. The van der Waals surface area contributed by atoms with Crippen LogP contribution >= 0.6 is 23.1 Å². The molecule has 1 N–H and O–H groups in total. The van der Waals surface area contributed by atoms with Crippen LogP contribution in [0.3, 0.4) is 0 Å². The predicted molar refractivity (Wildman–Crippen MR) is 93.2 cm³/mol. The summed E-state index contributed by atoms with van der Waals surface area (Å²) in [4.78, 5) is 29.6. The third-order valence-electron chi connectivity index (χ3n) is 4.91. The third-order valence-corrected chi connectivity index (χ3v) is 7.18. The minimum atomic E-state index is -0.217. The van der Waals surface area contributed by atoms with E-state index >= 15 is 0 Å². The van der Waals surface area contributed by atoms with Crippen LogP contribution < -0.4 is 0 Å². The largest absolute Gasteiger partial charge is 0.507 e. The van der Waals surface area contributed by atoms with Crippen molar-refractivity contribution in [2.24, 2.45) is 0 Å². The number of aromatic hydroxyl groups is 1. The zero-order valence-corrected chi connectivity index (χ0v) is 15.1. The summed E-state index contributed by atoms with van der Waals surface area (Å²) in [6.45, 7) is 3.71. The second kappa shape index (κ2) is 6.36. The Labute approximate surface area is 144 Å². The molecule has 126 valence electrons. The minimum Gasteiger partial charge on any atom is -0.507 e. The van der Waals surface area contributed by atoms with Gasteiger partial charge in [-0.25, -0.2) is 0 Å². The second-order valence-electron chi connectivity index (χ2n) is 6.32. The lowest BCUT2D eigenvalue weighted by atomic mass is 9.82. The summed E-state index contributed by atoms with van der Waals surface area (Å²) in [5.74, 6) is 0.314. The maximum atomic E-state index is 12.8. The highest BCUT2D eigenvalue weighted by Crippen LogP contribution is 2.44. The number of amides is 2. The normalized spacial score (nSPS) is 23.5. The Hall–Kier alpha value is -1.21. The van der Waals surface area contributed by atoms with Gasteiger partial charge in [-0.15, -0.1) is 23.1 Å². The maximum absolute atomic E-state index is 12.8. The molecule has 5 nitrogen and oxygen atoms in total. The van der Waals surface area contributed by atoms with E-state index in [-0.39, 0.29) is 28.4 Å². The van der Waals surface area contributed by atoms with Crippen molar-refractivity contribution in [2.45, 2.75) is 37.0 Å². The van der Waals surface area contributed by atoms with Gasteiger partial charge in [0.25, 0.3) is 5.91 Å². The molecule has 1 saturated heterocycles. The fraction of sp³-hybridized carbons (Fsp3) is 0.625. The highest BCUT2D eigenvalue weighted by Gasteiger charge is 2.47. The first-order valence-corrected chi connectivity index (χ1v) is 10.0. The Morgan fingerprint density at radius 3 is 2.61 bits per heavy atom. The Kier molecular flexibility index (Phi) is 4.60. The smallest absolute Gasteiger partial charge is 0.264 e. The van der Waals surface area contributed by atoms with Crippen LogP contribution in [0.25, 0.3) is 0 Å². The Balaban J connectivity index is 1.65. The van der Waals surface area contributed by atoms with E-state index in [1.165, 1.54) is 17.4 Å². The zero-order valence-electron chi connectivity index (χ0n) is 13.4. The number of piperazine rings is 1. The molecule has 0 bridgehead atoms. The Morgan fingerprint density at radius 1 is 1.39 bits per heavy atom. The minimum absolute atomic E-state index is 0.0107. The number of carbonyl (C=O) groups excluding carboxylic acids is 2. The van der Waals surface area contributed by atoms with Crippen LogP contribution in [0.1, 0.15) is 35.9 Å². The molecular formula is C16H22N2O3S2. The fourth-order valence-electron chi connectivity index (χ4n) is 3.32. The van der Waals surface area contributed by atoms with Crippen LogP contribution in [0.4, 0.5) is 0 Å². The van der Waals surface area contributed by atoms with E-state index in [4.69, 9.17) is 0 Å². The number of rotatable bonds is 3. The average Bonchev–Trinajstić information content (AvgIpc) is 2.92. The van der Waals surface area contributed by atoms with Gasteiger partial charge in [0.2, 0.25) is 5.91 Å². The number of hydrogen-bond donors (Lipinski definition) is 1. The summed E-state index contributed by atoms with van der Waals surface area (Å²) < 4.78 is -0.217. The highest BCUT2D eigenvalue weighted by atomic mass is 32.2. The topological polar surface area (TPSA) is 60.9 Å². The number of thioether (sulfide) groups is 1. The van der Waals surface area contributed by atoms with Crippen molar-refractivity contribution in [1.29, 1.82) is 0 Å². The Bertz CT molecular complexity index is 607. The van der Waals surface area contributed by atoms with Crippen LogP contribution in [0, 0.1) is 0 Å². The Morgan fingerprint density at radius 2 is 2.13 bits per heavy atom. The summed E-state index contributed by atoms with van der Waals surface area (Å²) in [7, 11) is 0. The van der Waals surface area contributed by atoms with Gasteiger partial charge in [0.1, 0.15) is 5.75 Å². The SMILES string of the molecule is CSC1(C(=O)N2CCN(C(=O)c3cc(O)cs3)C(C)C2)CCC1. The van der Waals surface area contributed by atoms with E-state index in [0.717, 1.165) is 19.3 Å². The summed E-state index contributed by atoms with van der Waals surface area (Å²) in [6.07, 6.45) is 5.08. The standard InChI is InChI=1S/C16H22N2O3S2/c1-11-9-17(15(21)16(22-2)4-3-5-16)6-7-18(11)14(20)13-8-12(19)10-23-13/h8,10-11,19H,3-7,9H2,1-2H3.